The zero-order chi connectivity index (χ0) is 23.4. The molecule has 0 unspecified atom stereocenters. The number of hydrogen-bond donors (Lipinski definition) is 1. The van der Waals surface area contributed by atoms with Crippen LogP contribution >= 0.6 is 0 Å². The Hall–Kier alpha value is -3.40. The molecule has 1 saturated heterocycles. The number of fused-ring (bicyclic) bond motifs is 1. The zero-order valence-corrected chi connectivity index (χ0v) is 19.0. The number of aromatic amines is 1. The first kappa shape index (κ1) is 22.8. The third-order valence-corrected chi connectivity index (χ3v) is 5.70. The van der Waals surface area contributed by atoms with E-state index in [4.69, 9.17) is 18.6 Å². The molecule has 1 aliphatic heterocycles. The Kier molecular flexibility index (Phi) is 6.93. The second-order valence-corrected chi connectivity index (χ2v) is 7.71. The summed E-state index contributed by atoms with van der Waals surface area (Å²) < 4.78 is 22.4. The maximum Gasteiger partial charge on any atom is 0.414 e. The second-order valence-electron chi connectivity index (χ2n) is 7.71. The molecule has 1 fully saturated rings. The van der Waals surface area contributed by atoms with Crippen LogP contribution in [0.2, 0.25) is 0 Å². The van der Waals surface area contributed by atoms with Crippen LogP contribution in [0.5, 0.6) is 0 Å². The first-order valence-corrected chi connectivity index (χ1v) is 11.2. The smallest absolute Gasteiger partial charge is 0.414 e. The summed E-state index contributed by atoms with van der Waals surface area (Å²) in [6, 6.07) is 5.16. The number of esters is 1. The number of ether oxygens (including phenoxy) is 3. The molecule has 0 saturated carbocycles. The minimum atomic E-state index is -0.639. The number of carbonyl (C=O) groups is 2. The van der Waals surface area contributed by atoms with Crippen molar-refractivity contribution >= 4 is 28.7 Å². The molecule has 0 aliphatic carbocycles. The molecule has 4 rings (SSSR count). The fraction of sp³-hybridized carbons (Fsp3) is 0.478. The number of nitrogens with zero attached hydrogens (tertiary/aromatic N) is 3. The Morgan fingerprint density at radius 3 is 2.73 bits per heavy atom. The number of benzene rings is 1. The van der Waals surface area contributed by atoms with Crippen LogP contribution in [0.15, 0.2) is 28.8 Å². The summed E-state index contributed by atoms with van der Waals surface area (Å²) in [4.78, 5) is 27.7. The number of amides is 1. The molecule has 176 valence electrons. The number of H-pyrrole nitrogens is 1. The predicted molar refractivity (Wildman–Crippen MR) is 120 cm³/mol. The average molecular weight is 456 g/mol. The van der Waals surface area contributed by atoms with Crippen molar-refractivity contribution in [3.8, 4) is 11.3 Å². The second kappa shape index (κ2) is 10.0. The van der Waals surface area contributed by atoms with Crippen molar-refractivity contribution in [1.29, 1.82) is 0 Å². The lowest BCUT2D eigenvalue weighted by atomic mass is 9.98. The largest absolute Gasteiger partial charge is 0.460 e. The van der Waals surface area contributed by atoms with Gasteiger partial charge in [-0.25, -0.2) is 9.59 Å². The predicted octanol–water partition coefficient (Wildman–Crippen LogP) is 4.32. The highest BCUT2D eigenvalue weighted by Gasteiger charge is 2.37. The van der Waals surface area contributed by atoms with E-state index < -0.39 is 12.1 Å². The van der Waals surface area contributed by atoms with Gasteiger partial charge < -0.3 is 18.6 Å². The van der Waals surface area contributed by atoms with Crippen molar-refractivity contribution in [2.45, 2.75) is 52.2 Å². The maximum atomic E-state index is 13.3. The molecule has 0 spiro atoms. The first-order chi connectivity index (χ1) is 16.1. The molecule has 1 amide bonds. The lowest BCUT2D eigenvalue weighted by Gasteiger charge is -2.36. The van der Waals surface area contributed by atoms with Gasteiger partial charge in [0.15, 0.2) is 0 Å². The average Bonchev–Trinajstić information content (AvgIpc) is 3.48. The summed E-state index contributed by atoms with van der Waals surface area (Å²) in [6.07, 6.45) is 3.11. The van der Waals surface area contributed by atoms with Gasteiger partial charge in [0.2, 0.25) is 5.76 Å². The number of rotatable bonds is 7. The van der Waals surface area contributed by atoms with Gasteiger partial charge >= 0.3 is 12.1 Å². The molecule has 10 nitrogen and oxygen atoms in total. The van der Waals surface area contributed by atoms with Crippen LogP contribution in [0.25, 0.3) is 22.2 Å². The van der Waals surface area contributed by atoms with Gasteiger partial charge in [0.25, 0.3) is 0 Å². The number of aromatic nitrogens is 3. The molecule has 1 N–H and O–H groups in total. The Bertz CT molecular complexity index is 1110. The molecule has 3 heterocycles. The highest BCUT2D eigenvalue weighted by atomic mass is 16.6. The van der Waals surface area contributed by atoms with Gasteiger partial charge in [-0.1, -0.05) is 6.92 Å². The molecule has 2 aromatic heterocycles. The summed E-state index contributed by atoms with van der Waals surface area (Å²) in [6.45, 7) is 6.39. The number of anilines is 1. The highest BCUT2D eigenvalue weighted by Crippen LogP contribution is 2.40. The first-order valence-electron chi connectivity index (χ1n) is 11.2. The fourth-order valence-corrected chi connectivity index (χ4v) is 4.15. The number of carbonyl (C=O) groups excluding carboxylic acids is 2. The fourth-order valence-electron chi connectivity index (χ4n) is 4.15. The van der Waals surface area contributed by atoms with Crippen LogP contribution in [0.3, 0.4) is 0 Å². The molecule has 2 atom stereocenters. The molecule has 3 aromatic rings. The van der Waals surface area contributed by atoms with Gasteiger partial charge in [-0.15, -0.1) is 0 Å². The Morgan fingerprint density at radius 1 is 1.21 bits per heavy atom. The zero-order valence-electron chi connectivity index (χ0n) is 19.0. The normalized spacial score (nSPS) is 18.3. The molecule has 1 aromatic carbocycles. The van der Waals surface area contributed by atoms with Crippen molar-refractivity contribution in [2.24, 2.45) is 0 Å². The minimum absolute atomic E-state index is 0.00979. The van der Waals surface area contributed by atoms with Gasteiger partial charge in [0, 0.05) is 23.6 Å². The summed E-state index contributed by atoms with van der Waals surface area (Å²) in [5.41, 5.74) is 2.18. The van der Waals surface area contributed by atoms with E-state index in [2.05, 4.69) is 15.4 Å². The Labute approximate surface area is 191 Å². The SMILES string of the molecule is CCOC(=O)c1oc2ccc(-c3cn[nH]n3)cc2c1N(C(=O)OCC)[C@H]1CCO[C@@H](CC)C1. The molecule has 33 heavy (non-hydrogen) atoms. The number of hydrogen-bond acceptors (Lipinski definition) is 8. The molecular weight excluding hydrogens is 428 g/mol. The van der Waals surface area contributed by atoms with Gasteiger partial charge in [-0.3, -0.25) is 4.90 Å². The monoisotopic (exact) mass is 456 g/mol. The molecule has 10 heteroatoms. The van der Waals surface area contributed by atoms with E-state index in [0.29, 0.717) is 41.8 Å². The topological polar surface area (TPSA) is 120 Å². The quantitative estimate of drug-likeness (QED) is 0.522. The van der Waals surface area contributed by atoms with Crippen LogP contribution in [0, 0.1) is 0 Å². The Balaban J connectivity index is 1.90. The van der Waals surface area contributed by atoms with Crippen LogP contribution in [0.1, 0.15) is 50.6 Å². The maximum absolute atomic E-state index is 13.3. The number of nitrogens with one attached hydrogen (secondary N) is 1. The lowest BCUT2D eigenvalue weighted by molar-refractivity contribution is 0.00465. The van der Waals surface area contributed by atoms with Gasteiger partial charge in [-0.2, -0.15) is 15.4 Å². The van der Waals surface area contributed by atoms with E-state index in [1.165, 1.54) is 0 Å². The van der Waals surface area contributed by atoms with Crippen molar-refractivity contribution in [2.75, 3.05) is 24.7 Å². The third-order valence-electron chi connectivity index (χ3n) is 5.70. The number of furan rings is 1. The van der Waals surface area contributed by atoms with Crippen molar-refractivity contribution in [3.05, 3.63) is 30.2 Å². The highest BCUT2D eigenvalue weighted by molar-refractivity contribution is 6.10. The van der Waals surface area contributed by atoms with Crippen molar-refractivity contribution in [1.82, 2.24) is 15.4 Å². The van der Waals surface area contributed by atoms with E-state index in [-0.39, 0.29) is 31.1 Å². The van der Waals surface area contributed by atoms with E-state index >= 15 is 0 Å². The van der Waals surface area contributed by atoms with Gasteiger partial charge in [0.1, 0.15) is 17.0 Å². The standard InChI is InChI=1S/C23H28N4O6/c1-4-16-12-15(9-10-32-16)27(23(29)31-6-3)20-17-11-14(18-13-24-26-25-18)7-8-19(17)33-21(20)22(28)30-5-2/h7-8,11,13,15-16H,4-6,9-10,12H2,1-3H3,(H,24,25,26)/t15-,16-/m0/s1. The minimum Gasteiger partial charge on any atom is -0.460 e. The van der Waals surface area contributed by atoms with E-state index in [0.717, 1.165) is 12.0 Å². The van der Waals surface area contributed by atoms with E-state index in [9.17, 15) is 9.59 Å². The molecule has 1 aliphatic rings. The summed E-state index contributed by atoms with van der Waals surface area (Å²) in [5.74, 6) is -0.670. The molecule has 0 bridgehead atoms. The van der Waals surface area contributed by atoms with Crippen LogP contribution in [0.4, 0.5) is 10.5 Å². The van der Waals surface area contributed by atoms with Gasteiger partial charge in [0.05, 0.1) is 25.5 Å². The van der Waals surface area contributed by atoms with Crippen molar-refractivity contribution < 1.29 is 28.2 Å². The van der Waals surface area contributed by atoms with E-state index in [1.807, 2.05) is 19.1 Å². The molecular formula is C23H28N4O6. The van der Waals surface area contributed by atoms with E-state index in [1.54, 1.807) is 31.0 Å². The third kappa shape index (κ3) is 4.56. The lowest BCUT2D eigenvalue weighted by Crippen LogP contribution is -2.46. The van der Waals surface area contributed by atoms with Crippen LogP contribution in [-0.2, 0) is 14.2 Å². The Morgan fingerprint density at radius 2 is 2.03 bits per heavy atom. The summed E-state index contributed by atoms with van der Waals surface area (Å²) >= 11 is 0. The summed E-state index contributed by atoms with van der Waals surface area (Å²) in [5, 5.41) is 11.2. The van der Waals surface area contributed by atoms with Crippen LogP contribution in [-0.4, -0.2) is 59.4 Å². The summed E-state index contributed by atoms with van der Waals surface area (Å²) in [7, 11) is 0. The van der Waals surface area contributed by atoms with Gasteiger partial charge in [-0.05, 0) is 51.3 Å². The van der Waals surface area contributed by atoms with Crippen molar-refractivity contribution in [3.63, 3.8) is 0 Å². The molecule has 0 radical (unpaired) electrons. The van der Waals surface area contributed by atoms with Crippen LogP contribution < -0.4 is 4.90 Å².